The molecule has 38 heavy (non-hydrogen) atoms. The molecule has 3 aliphatic heterocycles. The van der Waals surface area contributed by atoms with Gasteiger partial charge in [0.25, 0.3) is 11.8 Å². The van der Waals surface area contributed by atoms with E-state index in [9.17, 15) is 27.6 Å². The highest BCUT2D eigenvalue weighted by Gasteiger charge is 2.65. The van der Waals surface area contributed by atoms with Crippen molar-refractivity contribution < 1.29 is 27.6 Å². The van der Waals surface area contributed by atoms with Crippen LogP contribution >= 0.6 is 0 Å². The number of hydrogen-bond acceptors (Lipinski definition) is 4. The number of imide groups is 2. The predicted octanol–water partition coefficient (Wildman–Crippen LogP) is 5.81. The van der Waals surface area contributed by atoms with Crippen molar-refractivity contribution >= 4 is 34.9 Å². The molecule has 0 bridgehead atoms. The Kier molecular flexibility index (Phi) is 5.55. The molecule has 194 valence electrons. The molecule has 0 saturated carbocycles. The third kappa shape index (κ3) is 3.52. The first-order valence-electron chi connectivity index (χ1n) is 12.5. The van der Waals surface area contributed by atoms with E-state index in [1.165, 1.54) is 6.07 Å². The van der Waals surface area contributed by atoms with Crippen molar-refractivity contribution in [2.24, 2.45) is 5.41 Å². The van der Waals surface area contributed by atoms with Crippen LogP contribution in [0.5, 0.6) is 0 Å². The summed E-state index contributed by atoms with van der Waals surface area (Å²) in [6.07, 6.45) is -2.78. The van der Waals surface area contributed by atoms with Crippen LogP contribution in [0, 0.1) is 5.41 Å². The maximum Gasteiger partial charge on any atom is 0.416 e. The number of carbonyl (C=O) groups excluding carboxylic acids is 3. The highest BCUT2D eigenvalue weighted by molar-refractivity contribution is 6.39. The summed E-state index contributed by atoms with van der Waals surface area (Å²) in [5.74, 6) is -1.41. The third-order valence-electron chi connectivity index (χ3n) is 7.84. The molecule has 2 saturated heterocycles. The van der Waals surface area contributed by atoms with E-state index in [-0.39, 0.29) is 12.0 Å². The van der Waals surface area contributed by atoms with Crippen LogP contribution < -0.4 is 14.7 Å². The molecule has 0 N–H and O–H groups in total. The number of barbiturate groups is 1. The summed E-state index contributed by atoms with van der Waals surface area (Å²) in [5, 5.41) is 0. The highest BCUT2D eigenvalue weighted by atomic mass is 19.4. The Morgan fingerprint density at radius 3 is 1.89 bits per heavy atom. The van der Waals surface area contributed by atoms with Crippen molar-refractivity contribution in [2.45, 2.75) is 37.9 Å². The number of benzene rings is 3. The Bertz CT molecular complexity index is 1360. The van der Waals surface area contributed by atoms with Gasteiger partial charge in [-0.25, -0.2) is 14.6 Å². The fourth-order valence-corrected chi connectivity index (χ4v) is 6.14. The van der Waals surface area contributed by atoms with E-state index in [4.69, 9.17) is 0 Å². The lowest BCUT2D eigenvalue weighted by Crippen LogP contribution is -2.73. The Morgan fingerprint density at radius 1 is 0.763 bits per heavy atom. The summed E-state index contributed by atoms with van der Waals surface area (Å²) in [4.78, 5) is 46.7. The SMILES string of the molecule is O=C1N(c2ccccc2)C(=O)C2(Cc3cc(C(F)(F)F)ccc3N3CCCCC32)C(=O)N1c1ccccc1. The molecule has 4 amide bonds. The van der Waals surface area contributed by atoms with Crippen LogP contribution in [0.4, 0.5) is 35.0 Å². The van der Waals surface area contributed by atoms with Gasteiger partial charge >= 0.3 is 12.2 Å². The van der Waals surface area contributed by atoms with Crippen LogP contribution in [-0.4, -0.2) is 30.4 Å². The zero-order valence-corrected chi connectivity index (χ0v) is 20.3. The van der Waals surface area contributed by atoms with E-state index in [1.54, 1.807) is 60.7 Å². The lowest BCUT2D eigenvalue weighted by atomic mass is 9.65. The number of nitrogens with zero attached hydrogens (tertiary/aromatic N) is 3. The number of piperidine rings is 1. The number of urea groups is 1. The second-order valence-corrected chi connectivity index (χ2v) is 9.93. The van der Waals surface area contributed by atoms with E-state index < -0.39 is 41.0 Å². The predicted molar refractivity (Wildman–Crippen MR) is 136 cm³/mol. The van der Waals surface area contributed by atoms with Crippen molar-refractivity contribution in [2.75, 3.05) is 21.2 Å². The summed E-state index contributed by atoms with van der Waals surface area (Å²) in [5.41, 5.74) is -1.15. The van der Waals surface area contributed by atoms with Gasteiger partial charge in [-0.2, -0.15) is 13.2 Å². The van der Waals surface area contributed by atoms with Crippen LogP contribution in [0.15, 0.2) is 78.9 Å². The molecular weight excluding hydrogens is 495 g/mol. The van der Waals surface area contributed by atoms with Gasteiger partial charge in [0.05, 0.1) is 23.0 Å². The lowest BCUT2D eigenvalue weighted by Gasteiger charge is -2.55. The lowest BCUT2D eigenvalue weighted by molar-refractivity contribution is -0.143. The fourth-order valence-electron chi connectivity index (χ4n) is 6.14. The van der Waals surface area contributed by atoms with E-state index in [0.29, 0.717) is 30.0 Å². The molecule has 1 unspecified atom stereocenters. The zero-order valence-electron chi connectivity index (χ0n) is 20.3. The molecule has 3 heterocycles. The number of rotatable bonds is 2. The molecule has 0 radical (unpaired) electrons. The fraction of sp³-hybridized carbons (Fsp3) is 0.276. The summed E-state index contributed by atoms with van der Waals surface area (Å²) < 4.78 is 41.1. The molecule has 3 aromatic carbocycles. The Balaban J connectivity index is 1.59. The highest BCUT2D eigenvalue weighted by Crippen LogP contribution is 2.51. The van der Waals surface area contributed by atoms with Gasteiger partial charge in [0.15, 0.2) is 5.41 Å². The quantitative estimate of drug-likeness (QED) is 0.401. The molecule has 9 heteroatoms. The molecule has 6 rings (SSSR count). The van der Waals surface area contributed by atoms with Gasteiger partial charge < -0.3 is 4.90 Å². The topological polar surface area (TPSA) is 60.9 Å². The van der Waals surface area contributed by atoms with Gasteiger partial charge in [-0.15, -0.1) is 0 Å². The number of carbonyl (C=O) groups is 3. The second kappa shape index (κ2) is 8.72. The smallest absolute Gasteiger partial charge is 0.367 e. The van der Waals surface area contributed by atoms with Crippen LogP contribution in [0.2, 0.25) is 0 Å². The molecular formula is C29H24F3N3O3. The molecule has 0 aliphatic carbocycles. The molecule has 1 atom stereocenters. The van der Waals surface area contributed by atoms with Crippen molar-refractivity contribution in [3.05, 3.63) is 90.0 Å². The van der Waals surface area contributed by atoms with Gasteiger partial charge in [0.2, 0.25) is 0 Å². The Hall–Kier alpha value is -4.14. The number of halogens is 3. The van der Waals surface area contributed by atoms with Gasteiger partial charge in [-0.3, -0.25) is 9.59 Å². The van der Waals surface area contributed by atoms with Crippen LogP contribution in [0.1, 0.15) is 30.4 Å². The Labute approximate surface area is 217 Å². The molecule has 2 fully saturated rings. The van der Waals surface area contributed by atoms with Crippen molar-refractivity contribution in [3.8, 4) is 0 Å². The summed E-state index contributed by atoms with van der Waals surface area (Å²) >= 11 is 0. The molecule has 3 aromatic rings. The minimum Gasteiger partial charge on any atom is -0.367 e. The summed E-state index contributed by atoms with van der Waals surface area (Å²) in [6.45, 7) is 0.496. The number of amides is 4. The molecule has 0 aromatic heterocycles. The zero-order chi connectivity index (χ0) is 26.7. The first-order valence-corrected chi connectivity index (χ1v) is 12.5. The maximum atomic E-state index is 14.5. The average molecular weight is 520 g/mol. The first-order chi connectivity index (χ1) is 18.2. The van der Waals surface area contributed by atoms with Gasteiger partial charge in [-0.1, -0.05) is 36.4 Å². The minimum absolute atomic E-state index is 0.231. The number of alkyl halides is 3. The van der Waals surface area contributed by atoms with Crippen LogP contribution in [0.25, 0.3) is 0 Å². The number of anilines is 3. The van der Waals surface area contributed by atoms with Gasteiger partial charge in [-0.05, 0) is 73.7 Å². The van der Waals surface area contributed by atoms with E-state index in [0.717, 1.165) is 34.8 Å². The van der Waals surface area contributed by atoms with Crippen LogP contribution in [-0.2, 0) is 22.2 Å². The second-order valence-electron chi connectivity index (χ2n) is 9.93. The van der Waals surface area contributed by atoms with E-state index in [2.05, 4.69) is 0 Å². The van der Waals surface area contributed by atoms with Crippen LogP contribution in [0.3, 0.4) is 0 Å². The van der Waals surface area contributed by atoms with Crippen molar-refractivity contribution in [1.82, 2.24) is 0 Å². The van der Waals surface area contributed by atoms with Crippen molar-refractivity contribution in [3.63, 3.8) is 0 Å². The first kappa shape index (κ1) is 24.2. The average Bonchev–Trinajstić information content (AvgIpc) is 2.92. The van der Waals surface area contributed by atoms with Crippen molar-refractivity contribution in [1.29, 1.82) is 0 Å². The minimum atomic E-state index is -4.58. The maximum absolute atomic E-state index is 14.5. The van der Waals surface area contributed by atoms with E-state index in [1.807, 2.05) is 4.90 Å². The molecule has 6 nitrogen and oxygen atoms in total. The van der Waals surface area contributed by atoms with E-state index >= 15 is 0 Å². The van der Waals surface area contributed by atoms with Gasteiger partial charge in [0, 0.05) is 12.2 Å². The molecule has 3 aliphatic rings. The Morgan fingerprint density at radius 2 is 1.34 bits per heavy atom. The monoisotopic (exact) mass is 519 g/mol. The summed E-state index contributed by atoms with van der Waals surface area (Å²) in [6, 6.07) is 18.8. The standard InChI is InChI=1S/C29H24F3N3O3/c30-29(31,32)20-14-15-23-19(17-20)18-28(24-13-7-8-16-33(23)24)25(36)34(21-9-3-1-4-10-21)27(38)35(26(28)37)22-11-5-2-6-12-22/h1-6,9-12,14-15,17,24H,7-8,13,16,18H2. The number of para-hydroxylation sites is 2. The normalized spacial score (nSPS) is 21.0. The number of fused-ring (bicyclic) bond motifs is 4. The summed E-state index contributed by atoms with van der Waals surface area (Å²) in [7, 11) is 0. The number of hydrogen-bond donors (Lipinski definition) is 0. The molecule has 1 spiro atoms. The largest absolute Gasteiger partial charge is 0.416 e. The third-order valence-corrected chi connectivity index (χ3v) is 7.84. The van der Waals surface area contributed by atoms with Gasteiger partial charge in [0.1, 0.15) is 0 Å².